The Bertz CT molecular complexity index is 489. The molecule has 0 amide bonds. The number of aromatic amines is 1. The third kappa shape index (κ3) is 2.32. The highest BCUT2D eigenvalue weighted by Gasteiger charge is 2.30. The molecule has 1 atom stereocenters. The van der Waals surface area contributed by atoms with Crippen molar-refractivity contribution in [3.05, 3.63) is 21.2 Å². The number of hydrogen-bond donors (Lipinski definition) is 3. The van der Waals surface area contributed by atoms with E-state index in [2.05, 4.69) is 31.2 Å². The molecule has 3 N–H and O–H groups in total. The van der Waals surface area contributed by atoms with Gasteiger partial charge in [0.1, 0.15) is 10.5 Å². The standard InChI is InChI=1S/C9H11BrN4O3/c10-6-7(12-4-13-8(6)15)14-2-1-11-3-5(14)9(16)17/h4-5,11H,1-3H2,(H,16,17)(H,12,13,15). The van der Waals surface area contributed by atoms with Crippen molar-refractivity contribution in [2.75, 3.05) is 24.5 Å². The number of carboxylic acids is 1. The van der Waals surface area contributed by atoms with Gasteiger partial charge in [-0.05, 0) is 15.9 Å². The maximum absolute atomic E-state index is 11.4. The van der Waals surface area contributed by atoms with Crippen LogP contribution in [0, 0.1) is 0 Å². The van der Waals surface area contributed by atoms with Crippen LogP contribution in [0.2, 0.25) is 0 Å². The lowest BCUT2D eigenvalue weighted by atomic mass is 10.2. The zero-order valence-electron chi connectivity index (χ0n) is 8.81. The minimum atomic E-state index is -0.939. The highest BCUT2D eigenvalue weighted by molar-refractivity contribution is 9.10. The van der Waals surface area contributed by atoms with Gasteiger partial charge < -0.3 is 20.3 Å². The Balaban J connectivity index is 2.39. The summed E-state index contributed by atoms with van der Waals surface area (Å²) in [5, 5.41) is 12.1. The topological polar surface area (TPSA) is 98.3 Å². The summed E-state index contributed by atoms with van der Waals surface area (Å²) in [7, 11) is 0. The Morgan fingerprint density at radius 1 is 1.65 bits per heavy atom. The molecule has 1 fully saturated rings. The number of rotatable bonds is 2. The highest BCUT2D eigenvalue weighted by Crippen LogP contribution is 2.22. The molecule has 2 rings (SSSR count). The van der Waals surface area contributed by atoms with E-state index in [-0.39, 0.29) is 10.0 Å². The quantitative estimate of drug-likeness (QED) is 0.674. The second kappa shape index (κ2) is 4.84. The van der Waals surface area contributed by atoms with Gasteiger partial charge in [0.2, 0.25) is 0 Å². The van der Waals surface area contributed by atoms with Crippen molar-refractivity contribution < 1.29 is 9.90 Å². The van der Waals surface area contributed by atoms with Gasteiger partial charge in [-0.1, -0.05) is 0 Å². The Kier molecular flexibility index (Phi) is 3.43. The van der Waals surface area contributed by atoms with Crippen LogP contribution >= 0.6 is 15.9 Å². The molecule has 8 heteroatoms. The molecule has 2 heterocycles. The molecule has 0 saturated carbocycles. The fourth-order valence-corrected chi connectivity index (χ4v) is 2.20. The lowest BCUT2D eigenvalue weighted by Crippen LogP contribution is -2.55. The lowest BCUT2D eigenvalue weighted by molar-refractivity contribution is -0.138. The first kappa shape index (κ1) is 12.1. The Labute approximate surface area is 105 Å². The van der Waals surface area contributed by atoms with E-state index in [0.717, 1.165) is 0 Å². The molecule has 1 aromatic heterocycles. The molecule has 0 aromatic carbocycles. The van der Waals surface area contributed by atoms with Crippen molar-refractivity contribution in [3.63, 3.8) is 0 Å². The van der Waals surface area contributed by atoms with E-state index in [1.165, 1.54) is 6.33 Å². The third-order valence-electron chi connectivity index (χ3n) is 2.58. The van der Waals surface area contributed by atoms with E-state index in [0.29, 0.717) is 25.5 Å². The van der Waals surface area contributed by atoms with E-state index in [1.807, 2.05) is 0 Å². The van der Waals surface area contributed by atoms with E-state index in [1.54, 1.807) is 4.90 Å². The van der Waals surface area contributed by atoms with Crippen LogP contribution in [0.25, 0.3) is 0 Å². The lowest BCUT2D eigenvalue weighted by Gasteiger charge is -2.34. The Morgan fingerprint density at radius 2 is 2.41 bits per heavy atom. The minimum Gasteiger partial charge on any atom is -0.480 e. The highest BCUT2D eigenvalue weighted by atomic mass is 79.9. The van der Waals surface area contributed by atoms with Gasteiger partial charge in [-0.25, -0.2) is 9.78 Å². The van der Waals surface area contributed by atoms with Crippen LogP contribution in [-0.2, 0) is 4.79 Å². The van der Waals surface area contributed by atoms with Crippen LogP contribution < -0.4 is 15.8 Å². The monoisotopic (exact) mass is 302 g/mol. The predicted octanol–water partition coefficient (Wildman–Crippen LogP) is -0.605. The van der Waals surface area contributed by atoms with Crippen molar-refractivity contribution in [3.8, 4) is 0 Å². The summed E-state index contributed by atoms with van der Waals surface area (Å²) in [6.07, 6.45) is 1.27. The van der Waals surface area contributed by atoms with Crippen LogP contribution in [0.15, 0.2) is 15.6 Å². The first-order valence-electron chi connectivity index (χ1n) is 5.04. The van der Waals surface area contributed by atoms with E-state index in [9.17, 15) is 9.59 Å². The number of nitrogens with zero attached hydrogens (tertiary/aromatic N) is 2. The fourth-order valence-electron chi connectivity index (χ4n) is 1.75. The Morgan fingerprint density at radius 3 is 3.12 bits per heavy atom. The third-order valence-corrected chi connectivity index (χ3v) is 3.29. The molecule has 0 spiro atoms. The molecule has 0 aliphatic carbocycles. The van der Waals surface area contributed by atoms with Crippen molar-refractivity contribution in [1.29, 1.82) is 0 Å². The molecular formula is C9H11BrN4O3. The molecule has 0 bridgehead atoms. The summed E-state index contributed by atoms with van der Waals surface area (Å²) in [4.78, 5) is 30.6. The zero-order chi connectivity index (χ0) is 12.4. The number of anilines is 1. The molecule has 0 radical (unpaired) electrons. The van der Waals surface area contributed by atoms with Gasteiger partial charge in [0.25, 0.3) is 5.56 Å². The van der Waals surface area contributed by atoms with Crippen LogP contribution in [-0.4, -0.2) is 46.7 Å². The van der Waals surface area contributed by atoms with Crippen molar-refractivity contribution in [2.24, 2.45) is 0 Å². The van der Waals surface area contributed by atoms with Gasteiger partial charge in [0, 0.05) is 19.6 Å². The summed E-state index contributed by atoms with van der Waals surface area (Å²) >= 11 is 3.13. The van der Waals surface area contributed by atoms with E-state index >= 15 is 0 Å². The van der Waals surface area contributed by atoms with Gasteiger partial charge >= 0.3 is 5.97 Å². The summed E-state index contributed by atoms with van der Waals surface area (Å²) in [6.45, 7) is 1.48. The van der Waals surface area contributed by atoms with Crippen molar-refractivity contribution in [1.82, 2.24) is 15.3 Å². The normalized spacial score (nSPS) is 20.3. The van der Waals surface area contributed by atoms with Gasteiger partial charge in [-0.2, -0.15) is 0 Å². The van der Waals surface area contributed by atoms with Gasteiger partial charge in [-0.15, -0.1) is 0 Å². The fraction of sp³-hybridized carbons (Fsp3) is 0.444. The molecule has 1 aliphatic heterocycles. The number of aromatic nitrogens is 2. The molecule has 7 nitrogen and oxygen atoms in total. The van der Waals surface area contributed by atoms with Crippen molar-refractivity contribution in [2.45, 2.75) is 6.04 Å². The van der Waals surface area contributed by atoms with Crippen LogP contribution in [0.3, 0.4) is 0 Å². The molecular weight excluding hydrogens is 292 g/mol. The second-order valence-corrected chi connectivity index (χ2v) is 4.41. The summed E-state index contributed by atoms with van der Waals surface area (Å²) < 4.78 is 0.258. The van der Waals surface area contributed by atoms with Crippen LogP contribution in [0.1, 0.15) is 0 Å². The van der Waals surface area contributed by atoms with E-state index in [4.69, 9.17) is 5.11 Å². The van der Waals surface area contributed by atoms with Crippen LogP contribution in [0.4, 0.5) is 5.82 Å². The van der Waals surface area contributed by atoms with Gasteiger partial charge in [0.05, 0.1) is 6.33 Å². The SMILES string of the molecule is O=C(O)C1CNCCN1c1nc[nH]c(=O)c1Br. The number of carboxylic acid groups (broad SMARTS) is 1. The summed E-state index contributed by atoms with van der Waals surface area (Å²) in [5.41, 5.74) is -0.322. The first-order chi connectivity index (χ1) is 8.11. The van der Waals surface area contributed by atoms with Gasteiger partial charge in [-0.3, -0.25) is 4.79 Å². The average Bonchev–Trinajstić information content (AvgIpc) is 2.33. The smallest absolute Gasteiger partial charge is 0.327 e. The first-order valence-corrected chi connectivity index (χ1v) is 5.84. The molecule has 1 unspecified atom stereocenters. The summed E-state index contributed by atoms with van der Waals surface area (Å²) in [5.74, 6) is -0.575. The number of nitrogens with one attached hydrogen (secondary N) is 2. The molecule has 17 heavy (non-hydrogen) atoms. The average molecular weight is 303 g/mol. The number of halogens is 1. The largest absolute Gasteiger partial charge is 0.480 e. The number of carbonyl (C=O) groups is 1. The number of hydrogen-bond acceptors (Lipinski definition) is 5. The number of H-pyrrole nitrogens is 1. The van der Waals surface area contributed by atoms with E-state index < -0.39 is 12.0 Å². The zero-order valence-corrected chi connectivity index (χ0v) is 10.4. The number of aliphatic carboxylic acids is 1. The summed E-state index contributed by atoms with van der Waals surface area (Å²) in [6, 6.07) is -0.714. The molecule has 1 aromatic rings. The van der Waals surface area contributed by atoms with Gasteiger partial charge in [0.15, 0.2) is 5.82 Å². The van der Waals surface area contributed by atoms with Crippen LogP contribution in [0.5, 0.6) is 0 Å². The predicted molar refractivity (Wildman–Crippen MR) is 64.2 cm³/mol. The molecule has 92 valence electrons. The number of piperazine rings is 1. The minimum absolute atomic E-state index is 0.258. The second-order valence-electron chi connectivity index (χ2n) is 3.62. The Hall–Kier alpha value is -1.41. The molecule has 1 saturated heterocycles. The maximum Gasteiger partial charge on any atom is 0.327 e. The van der Waals surface area contributed by atoms with Crippen molar-refractivity contribution >= 4 is 27.7 Å². The maximum atomic E-state index is 11.4. The molecule has 1 aliphatic rings.